The average molecular weight is 428 g/mol. The number of anilines is 1. The van der Waals surface area contributed by atoms with Crippen LogP contribution in [0.15, 0.2) is 48.7 Å². The van der Waals surface area contributed by atoms with Crippen molar-refractivity contribution >= 4 is 44.0 Å². The highest BCUT2D eigenvalue weighted by atomic mass is 35.5. The topological polar surface area (TPSA) is 103 Å². The van der Waals surface area contributed by atoms with E-state index in [4.69, 9.17) is 16.3 Å². The number of pyridine rings is 1. The monoisotopic (exact) mass is 427 g/mol. The molecule has 0 amide bonds. The number of nitrogens with one attached hydrogen (secondary N) is 1. The molecule has 0 saturated heterocycles. The number of nitro groups is 1. The van der Waals surface area contributed by atoms with E-state index in [2.05, 4.69) is 20.3 Å². The van der Waals surface area contributed by atoms with Gasteiger partial charge in [0.15, 0.2) is 5.82 Å². The Morgan fingerprint density at radius 1 is 1.24 bits per heavy atom. The predicted molar refractivity (Wildman–Crippen MR) is 113 cm³/mol. The van der Waals surface area contributed by atoms with Gasteiger partial charge in [-0.1, -0.05) is 23.7 Å². The number of hydrogen-bond donors (Lipinski definition) is 1. The first kappa shape index (κ1) is 19.0. The molecule has 146 valence electrons. The fourth-order valence-corrected chi connectivity index (χ4v) is 3.88. The van der Waals surface area contributed by atoms with Crippen molar-refractivity contribution < 1.29 is 9.66 Å². The Morgan fingerprint density at radius 3 is 2.79 bits per heavy atom. The maximum absolute atomic E-state index is 11.2. The first-order valence-corrected chi connectivity index (χ1v) is 9.68. The lowest BCUT2D eigenvalue weighted by molar-refractivity contribution is -0.380. The molecule has 1 N–H and O–H groups in total. The Hall–Kier alpha value is -3.30. The highest BCUT2D eigenvalue weighted by Gasteiger charge is 2.18. The Balaban J connectivity index is 1.73. The number of halogens is 1. The van der Waals surface area contributed by atoms with Crippen molar-refractivity contribution in [1.29, 1.82) is 0 Å². The number of thiophene rings is 1. The van der Waals surface area contributed by atoms with Gasteiger partial charge in [-0.05, 0) is 41.2 Å². The van der Waals surface area contributed by atoms with E-state index in [1.165, 1.54) is 6.07 Å². The molecule has 1 aromatic carbocycles. The van der Waals surface area contributed by atoms with Gasteiger partial charge in [0.1, 0.15) is 22.1 Å². The summed E-state index contributed by atoms with van der Waals surface area (Å²) in [7, 11) is 1.55. The summed E-state index contributed by atoms with van der Waals surface area (Å²) >= 11 is 7.19. The number of nitrogens with zero attached hydrogens (tertiary/aromatic N) is 4. The number of benzene rings is 1. The molecule has 3 aromatic heterocycles. The van der Waals surface area contributed by atoms with Crippen LogP contribution in [0.3, 0.4) is 0 Å². The fourth-order valence-electron chi connectivity index (χ4n) is 2.75. The molecule has 0 aliphatic heterocycles. The van der Waals surface area contributed by atoms with Gasteiger partial charge in [-0.3, -0.25) is 15.1 Å². The van der Waals surface area contributed by atoms with Crippen LogP contribution < -0.4 is 10.1 Å². The van der Waals surface area contributed by atoms with Crippen LogP contribution >= 0.6 is 22.9 Å². The lowest BCUT2D eigenvalue weighted by Crippen LogP contribution is -2.04. The van der Waals surface area contributed by atoms with E-state index in [0.29, 0.717) is 44.9 Å². The van der Waals surface area contributed by atoms with E-state index in [9.17, 15) is 10.1 Å². The highest BCUT2D eigenvalue weighted by molar-refractivity contribution is 7.21. The third-order valence-electron chi connectivity index (χ3n) is 4.13. The second-order valence-electron chi connectivity index (χ2n) is 5.99. The first-order valence-electron chi connectivity index (χ1n) is 8.49. The summed E-state index contributed by atoms with van der Waals surface area (Å²) in [4.78, 5) is 24.6. The van der Waals surface area contributed by atoms with E-state index in [-0.39, 0.29) is 5.00 Å². The Morgan fingerprint density at radius 2 is 2.10 bits per heavy atom. The van der Waals surface area contributed by atoms with E-state index in [0.717, 1.165) is 16.9 Å². The summed E-state index contributed by atoms with van der Waals surface area (Å²) in [6.07, 6.45) is 1.65. The molecule has 0 atom stereocenters. The van der Waals surface area contributed by atoms with Crippen LogP contribution in [-0.4, -0.2) is 27.0 Å². The first-order chi connectivity index (χ1) is 14.0. The molecule has 0 unspecified atom stereocenters. The van der Waals surface area contributed by atoms with Crippen molar-refractivity contribution in [3.05, 3.63) is 69.4 Å². The number of hydrogen-bond acceptors (Lipinski definition) is 8. The third-order valence-corrected chi connectivity index (χ3v) is 5.41. The molecule has 4 rings (SSSR count). The molecule has 10 heteroatoms. The van der Waals surface area contributed by atoms with E-state index in [1.807, 2.05) is 12.1 Å². The Kier molecular flexibility index (Phi) is 5.24. The summed E-state index contributed by atoms with van der Waals surface area (Å²) in [5.41, 5.74) is 1.49. The van der Waals surface area contributed by atoms with E-state index in [1.54, 1.807) is 37.6 Å². The zero-order valence-corrected chi connectivity index (χ0v) is 16.7. The van der Waals surface area contributed by atoms with Crippen molar-refractivity contribution in [2.24, 2.45) is 0 Å². The molecule has 3 heterocycles. The molecule has 0 bridgehead atoms. The number of rotatable bonds is 6. The normalized spacial score (nSPS) is 10.8. The standard InChI is InChI=1S/C19H14ClN5O3S/c1-28-15-6-5-11(8-13(15)20)10-22-17-12-9-16(25(26)27)29-19(12)24-18(23-17)14-4-2-3-7-21-14/h2-9H,10H2,1H3,(H,22,23,24). The minimum absolute atomic E-state index is 0.00279. The molecule has 0 spiro atoms. The number of ether oxygens (including phenoxy) is 1. The lowest BCUT2D eigenvalue weighted by atomic mass is 10.2. The smallest absolute Gasteiger partial charge is 0.326 e. The molecule has 0 aliphatic carbocycles. The van der Waals surface area contributed by atoms with Gasteiger partial charge in [-0.15, -0.1) is 0 Å². The predicted octanol–water partition coefficient (Wildman–Crippen LogP) is 4.94. The SMILES string of the molecule is COc1ccc(CNc2nc(-c3ccccn3)nc3sc([N+](=O)[O-])cc23)cc1Cl. The summed E-state index contributed by atoms with van der Waals surface area (Å²) in [6.45, 7) is 0.418. The number of aromatic nitrogens is 3. The zero-order valence-electron chi connectivity index (χ0n) is 15.1. The zero-order chi connectivity index (χ0) is 20.4. The summed E-state index contributed by atoms with van der Waals surface area (Å²) in [5, 5.41) is 15.5. The lowest BCUT2D eigenvalue weighted by Gasteiger charge is -2.10. The summed E-state index contributed by atoms with van der Waals surface area (Å²) < 4.78 is 5.17. The number of methoxy groups -OCH3 is 1. The van der Waals surface area contributed by atoms with Crippen LogP contribution in [0.4, 0.5) is 10.8 Å². The van der Waals surface area contributed by atoms with E-state index < -0.39 is 4.92 Å². The van der Waals surface area contributed by atoms with Crippen molar-refractivity contribution in [2.45, 2.75) is 6.54 Å². The Labute approximate surface area is 174 Å². The second kappa shape index (κ2) is 7.98. The highest BCUT2D eigenvalue weighted by Crippen LogP contribution is 2.35. The largest absolute Gasteiger partial charge is 0.495 e. The van der Waals surface area contributed by atoms with Crippen molar-refractivity contribution in [3.8, 4) is 17.3 Å². The summed E-state index contributed by atoms with van der Waals surface area (Å²) in [6, 6.07) is 12.3. The molecule has 4 aromatic rings. The molecule has 0 fully saturated rings. The average Bonchev–Trinajstić information content (AvgIpc) is 3.17. The number of fused-ring (bicyclic) bond motifs is 1. The minimum Gasteiger partial charge on any atom is -0.495 e. The van der Waals surface area contributed by atoms with Crippen molar-refractivity contribution in [3.63, 3.8) is 0 Å². The maximum Gasteiger partial charge on any atom is 0.326 e. The maximum atomic E-state index is 11.2. The van der Waals surface area contributed by atoms with Gasteiger partial charge in [0.25, 0.3) is 0 Å². The molecule has 8 nitrogen and oxygen atoms in total. The molecule has 0 radical (unpaired) electrons. The van der Waals surface area contributed by atoms with Crippen molar-refractivity contribution in [1.82, 2.24) is 15.0 Å². The Bertz CT molecular complexity index is 1200. The van der Waals surface area contributed by atoms with Gasteiger partial charge in [0.05, 0.1) is 22.4 Å². The van der Waals surface area contributed by atoms with Gasteiger partial charge in [0, 0.05) is 18.8 Å². The van der Waals surface area contributed by atoms with Crippen LogP contribution in [0.1, 0.15) is 5.56 Å². The van der Waals surface area contributed by atoms with Crippen LogP contribution in [0.25, 0.3) is 21.7 Å². The molecular weight excluding hydrogens is 414 g/mol. The minimum atomic E-state index is -0.431. The van der Waals surface area contributed by atoms with Gasteiger partial charge < -0.3 is 10.1 Å². The van der Waals surface area contributed by atoms with E-state index >= 15 is 0 Å². The molecular formula is C19H14ClN5O3S. The summed E-state index contributed by atoms with van der Waals surface area (Å²) in [5.74, 6) is 1.47. The van der Waals surface area contributed by atoms with Crippen LogP contribution in [0.2, 0.25) is 5.02 Å². The van der Waals surface area contributed by atoms with Crippen LogP contribution in [0.5, 0.6) is 5.75 Å². The van der Waals surface area contributed by atoms with Gasteiger partial charge >= 0.3 is 5.00 Å². The second-order valence-corrected chi connectivity index (χ2v) is 7.41. The van der Waals surface area contributed by atoms with Crippen molar-refractivity contribution in [2.75, 3.05) is 12.4 Å². The van der Waals surface area contributed by atoms with Crippen LogP contribution in [-0.2, 0) is 6.54 Å². The fraction of sp³-hybridized carbons (Fsp3) is 0.105. The van der Waals surface area contributed by atoms with Crippen LogP contribution in [0, 0.1) is 10.1 Å². The molecule has 29 heavy (non-hydrogen) atoms. The van der Waals surface area contributed by atoms with Gasteiger partial charge in [0.2, 0.25) is 0 Å². The quantitative estimate of drug-likeness (QED) is 0.343. The molecule has 0 aliphatic rings. The van der Waals surface area contributed by atoms with Gasteiger partial charge in [-0.25, -0.2) is 9.97 Å². The third kappa shape index (κ3) is 3.96. The molecule has 0 saturated carbocycles. The van der Waals surface area contributed by atoms with Gasteiger partial charge in [-0.2, -0.15) is 0 Å².